The quantitative estimate of drug-likeness (QED) is 0.0394. The number of carboxylic acid groups (broad SMARTS) is 1. The first kappa shape index (κ1) is 48.3. The Labute approximate surface area is 301 Å². The van der Waals surface area contributed by atoms with Gasteiger partial charge < -0.3 is 29.6 Å². The minimum atomic E-state index is -1.85. The highest BCUT2D eigenvalue weighted by Crippen LogP contribution is 2.41. The summed E-state index contributed by atoms with van der Waals surface area (Å²) in [4.78, 5) is 23.8. The van der Waals surface area contributed by atoms with E-state index < -0.39 is 37.5 Å². The number of esters is 1. The Morgan fingerprint density at radius 3 is 1.90 bits per heavy atom. The minimum Gasteiger partial charge on any atom is -0.481 e. The van der Waals surface area contributed by atoms with Crippen LogP contribution in [-0.4, -0.2) is 71.2 Å². The fourth-order valence-corrected chi connectivity index (χ4v) is 6.40. The van der Waals surface area contributed by atoms with Gasteiger partial charge >= 0.3 is 11.9 Å². The van der Waals surface area contributed by atoms with Crippen LogP contribution < -0.4 is 0 Å². The van der Waals surface area contributed by atoms with Crippen molar-refractivity contribution in [2.75, 3.05) is 7.11 Å². The van der Waals surface area contributed by atoms with Crippen molar-refractivity contribution in [2.45, 2.75) is 155 Å². The van der Waals surface area contributed by atoms with Gasteiger partial charge in [-0.25, -0.2) is 0 Å². The number of carboxylic acids is 1. The number of aliphatic carboxylic acids is 1. The van der Waals surface area contributed by atoms with Crippen LogP contribution in [0.5, 0.6) is 0 Å². The van der Waals surface area contributed by atoms with E-state index in [0.29, 0.717) is 19.3 Å². The Hall–Kier alpha value is -1.82. The van der Waals surface area contributed by atoms with E-state index in [1.165, 1.54) is 7.11 Å². The third-order valence-electron chi connectivity index (χ3n) is 9.11. The van der Waals surface area contributed by atoms with E-state index >= 15 is 0 Å². The normalized spacial score (nSPS) is 17.1. The van der Waals surface area contributed by atoms with Gasteiger partial charge in [-0.3, -0.25) is 9.59 Å². The van der Waals surface area contributed by atoms with Crippen LogP contribution in [-0.2, 0) is 18.8 Å². The number of unbranched alkanes of at least 4 members (excludes halogenated alkanes) is 2. The molecule has 0 aliphatic rings. The minimum absolute atomic E-state index is 0.0149. The van der Waals surface area contributed by atoms with Crippen molar-refractivity contribution in [3.8, 4) is 0 Å². The summed E-state index contributed by atoms with van der Waals surface area (Å²) in [5.74, 6) is -1.04. The maximum absolute atomic E-state index is 11.2. The number of halogens is 1. The highest BCUT2D eigenvalue weighted by atomic mass is 79.9. The zero-order valence-corrected chi connectivity index (χ0v) is 34.2. The molecule has 0 aliphatic heterocycles. The van der Waals surface area contributed by atoms with Crippen molar-refractivity contribution in [2.24, 2.45) is 5.41 Å². The van der Waals surface area contributed by atoms with Crippen LogP contribution >= 0.6 is 15.9 Å². The van der Waals surface area contributed by atoms with Gasteiger partial charge in [0.25, 0.3) is 0 Å². The monoisotopic (exact) mass is 758 g/mol. The van der Waals surface area contributed by atoms with Gasteiger partial charge in [-0.05, 0) is 74.1 Å². The Bertz CT molecular complexity index is 1070. The second-order valence-corrected chi connectivity index (χ2v) is 20.1. The number of aliphatic hydroxyl groups excluding tert-OH is 2. The number of hydrogen-bond acceptors (Lipinski definition) is 7. The summed E-state index contributed by atoms with van der Waals surface area (Å²) >= 11 is 3.34. The standard InChI is InChI=1S/C23H38O5.C15H29BrO3Si/c1-5-6-11-14-19(24)20(25)15-12-9-7-8-10-13-17-23(4,28)22(2,3)18-16-21(26)27;1-14(2,3)20(6,7)19-15(4,11-12-16)10-8-9-13(17)18-5/h7-10,12-13,15,17,19-20,24-25,28H,5-6,11,14,16,18H2,1-4H3,(H,26,27);11-12H,8-10H2,1-7H3/b9-7+,10-8-,15-12+,17-13+;12-11+/t19?,20?,23-;/m1./s1. The van der Waals surface area contributed by atoms with Crippen LogP contribution in [0.4, 0.5) is 0 Å². The Morgan fingerprint density at radius 2 is 1.40 bits per heavy atom. The molecule has 0 amide bonds. The van der Waals surface area contributed by atoms with Crippen molar-refractivity contribution in [3.05, 3.63) is 59.7 Å². The van der Waals surface area contributed by atoms with E-state index in [9.17, 15) is 24.9 Å². The second kappa shape index (κ2) is 23.6. The first-order valence-electron chi connectivity index (χ1n) is 17.1. The molecule has 0 aromatic rings. The summed E-state index contributed by atoms with van der Waals surface area (Å²) in [6, 6.07) is 0. The summed E-state index contributed by atoms with van der Waals surface area (Å²) in [5, 5.41) is 39.2. The van der Waals surface area contributed by atoms with Gasteiger partial charge in [0.1, 0.15) is 0 Å². The Morgan fingerprint density at radius 1 is 0.833 bits per heavy atom. The van der Waals surface area contributed by atoms with Gasteiger partial charge in [0, 0.05) is 12.8 Å². The molecule has 0 spiro atoms. The van der Waals surface area contributed by atoms with Crippen LogP contribution in [0.2, 0.25) is 18.1 Å². The molecule has 3 unspecified atom stereocenters. The van der Waals surface area contributed by atoms with Crippen LogP contribution in [0.25, 0.3) is 0 Å². The molecule has 10 heteroatoms. The molecule has 0 aliphatic carbocycles. The SMILES string of the molecule is CCCCCC(O)C(O)/C=C/C=C/C=C\C=C\[C@@](C)(O)C(C)(C)CCC(=O)O.COC(=O)CCCC(C)(/C=C/Br)O[Si](C)(C)C(C)(C)C. The summed E-state index contributed by atoms with van der Waals surface area (Å²) in [6.45, 7) is 20.7. The lowest BCUT2D eigenvalue weighted by Gasteiger charge is -2.43. The van der Waals surface area contributed by atoms with E-state index in [-0.39, 0.29) is 23.0 Å². The first-order chi connectivity index (χ1) is 22.0. The lowest BCUT2D eigenvalue weighted by atomic mass is 9.72. The predicted molar refractivity (Wildman–Crippen MR) is 205 cm³/mol. The summed E-state index contributed by atoms with van der Waals surface area (Å²) in [7, 11) is -0.429. The summed E-state index contributed by atoms with van der Waals surface area (Å²) in [5.41, 5.74) is -2.04. The molecule has 0 saturated carbocycles. The highest BCUT2D eigenvalue weighted by Gasteiger charge is 2.42. The smallest absolute Gasteiger partial charge is 0.305 e. The summed E-state index contributed by atoms with van der Waals surface area (Å²) < 4.78 is 11.2. The number of allylic oxidation sites excluding steroid dienone is 6. The third-order valence-corrected chi connectivity index (χ3v) is 14.0. The van der Waals surface area contributed by atoms with Gasteiger partial charge in [-0.2, -0.15) is 0 Å². The number of carbonyl (C=O) groups is 2. The molecule has 0 aromatic heterocycles. The lowest BCUT2D eigenvalue weighted by Crippen LogP contribution is -2.47. The molecular formula is C38H67BrO8Si. The molecule has 4 atom stereocenters. The molecule has 0 aromatic carbocycles. The predicted octanol–water partition coefficient (Wildman–Crippen LogP) is 9.17. The van der Waals surface area contributed by atoms with Crippen LogP contribution in [0.1, 0.15) is 113 Å². The van der Waals surface area contributed by atoms with Crippen molar-refractivity contribution in [1.29, 1.82) is 0 Å². The maximum atomic E-state index is 11.2. The molecule has 0 saturated heterocycles. The number of rotatable bonds is 21. The van der Waals surface area contributed by atoms with E-state index in [0.717, 1.165) is 32.1 Å². The molecule has 0 fully saturated rings. The highest BCUT2D eigenvalue weighted by molar-refractivity contribution is 9.11. The Balaban J connectivity index is 0. The molecule has 48 heavy (non-hydrogen) atoms. The van der Waals surface area contributed by atoms with Crippen LogP contribution in [0.15, 0.2) is 59.7 Å². The zero-order chi connectivity index (χ0) is 37.7. The molecule has 278 valence electrons. The Kier molecular flexibility index (Phi) is 23.7. The average molecular weight is 760 g/mol. The van der Waals surface area contributed by atoms with E-state index in [1.54, 1.807) is 55.5 Å². The molecule has 4 N–H and O–H groups in total. The zero-order valence-electron chi connectivity index (χ0n) is 31.6. The van der Waals surface area contributed by atoms with Crippen molar-refractivity contribution >= 4 is 36.2 Å². The van der Waals surface area contributed by atoms with Gasteiger partial charge in [0.05, 0.1) is 30.5 Å². The number of carbonyl (C=O) groups excluding carboxylic acids is 1. The average Bonchev–Trinajstić information content (AvgIpc) is 2.96. The number of hydrogen-bond donors (Lipinski definition) is 4. The van der Waals surface area contributed by atoms with Crippen molar-refractivity contribution in [1.82, 2.24) is 0 Å². The second-order valence-electron chi connectivity index (χ2n) is 14.9. The molecule has 8 nitrogen and oxygen atoms in total. The van der Waals surface area contributed by atoms with E-state index in [2.05, 4.69) is 68.4 Å². The number of ether oxygens (including phenoxy) is 1. The van der Waals surface area contributed by atoms with E-state index in [1.807, 2.05) is 24.9 Å². The largest absolute Gasteiger partial charge is 0.481 e. The van der Waals surface area contributed by atoms with Gasteiger partial charge in [-0.1, -0.05) is 125 Å². The third kappa shape index (κ3) is 21.3. The van der Waals surface area contributed by atoms with Gasteiger partial charge in [0.2, 0.25) is 0 Å². The van der Waals surface area contributed by atoms with Crippen molar-refractivity contribution < 1.29 is 39.2 Å². The molecule has 0 bridgehead atoms. The molecule has 0 heterocycles. The molecular weight excluding hydrogens is 692 g/mol. The van der Waals surface area contributed by atoms with Crippen molar-refractivity contribution in [3.63, 3.8) is 0 Å². The van der Waals surface area contributed by atoms with Gasteiger partial charge in [-0.15, -0.1) is 0 Å². The summed E-state index contributed by atoms with van der Waals surface area (Å²) in [6.07, 6.45) is 20.2. The van der Waals surface area contributed by atoms with Crippen LogP contribution in [0, 0.1) is 5.41 Å². The first-order valence-corrected chi connectivity index (χ1v) is 20.9. The van der Waals surface area contributed by atoms with E-state index in [4.69, 9.17) is 9.53 Å². The van der Waals surface area contributed by atoms with Crippen LogP contribution in [0.3, 0.4) is 0 Å². The number of aliphatic hydroxyl groups is 3. The molecule has 0 radical (unpaired) electrons. The molecule has 0 rings (SSSR count). The van der Waals surface area contributed by atoms with Gasteiger partial charge in [0.15, 0.2) is 8.32 Å². The fourth-order valence-electron chi connectivity index (χ4n) is 4.20. The lowest BCUT2D eigenvalue weighted by molar-refractivity contribution is -0.141. The number of methoxy groups -OCH3 is 1. The maximum Gasteiger partial charge on any atom is 0.305 e. The fraction of sp³-hybridized carbons (Fsp3) is 0.684. The topological polar surface area (TPSA) is 134 Å².